The molecule has 120 valence electrons. The quantitative estimate of drug-likeness (QED) is 0.734. The third-order valence-electron chi connectivity index (χ3n) is 3.99. The second-order valence-electron chi connectivity index (χ2n) is 6.07. The van der Waals surface area contributed by atoms with Crippen LogP contribution >= 0.6 is 0 Å². The van der Waals surface area contributed by atoms with Crippen molar-refractivity contribution in [1.82, 2.24) is 5.32 Å². The Morgan fingerprint density at radius 1 is 1.33 bits per heavy atom. The molecule has 1 aromatic rings. The Morgan fingerprint density at radius 2 is 2.00 bits per heavy atom. The summed E-state index contributed by atoms with van der Waals surface area (Å²) < 4.78 is 13.7. The fraction of sp³-hybridized carbons (Fsp3) is 0.647. The predicted molar refractivity (Wildman–Crippen MR) is 87.3 cm³/mol. The lowest BCUT2D eigenvalue weighted by Crippen LogP contribution is -2.51. The third-order valence-corrected chi connectivity index (χ3v) is 3.99. The van der Waals surface area contributed by atoms with E-state index in [1.54, 1.807) is 12.1 Å². The molecule has 1 unspecified atom stereocenters. The molecule has 0 saturated carbocycles. The number of hydrogen-bond acceptors (Lipinski definition) is 3. The van der Waals surface area contributed by atoms with Gasteiger partial charge in [-0.15, -0.1) is 0 Å². The summed E-state index contributed by atoms with van der Waals surface area (Å²) in [5, 5.41) is 13.2. The largest absolute Gasteiger partial charge is 0.394 e. The maximum atomic E-state index is 13.7. The van der Waals surface area contributed by atoms with Gasteiger partial charge in [-0.05, 0) is 31.4 Å². The van der Waals surface area contributed by atoms with Crippen LogP contribution in [0.2, 0.25) is 0 Å². The van der Waals surface area contributed by atoms with Gasteiger partial charge in [0.2, 0.25) is 0 Å². The van der Waals surface area contributed by atoms with Gasteiger partial charge in [-0.25, -0.2) is 4.39 Å². The molecule has 0 amide bonds. The Balaban J connectivity index is 2.56. The Morgan fingerprint density at radius 3 is 2.52 bits per heavy atom. The van der Waals surface area contributed by atoms with Gasteiger partial charge in [-0.2, -0.15) is 0 Å². The van der Waals surface area contributed by atoms with E-state index in [0.717, 1.165) is 25.8 Å². The number of para-hydroxylation sites is 1. The first-order chi connectivity index (χ1) is 9.94. The van der Waals surface area contributed by atoms with E-state index in [1.165, 1.54) is 6.07 Å². The van der Waals surface area contributed by atoms with Gasteiger partial charge in [0.05, 0.1) is 12.3 Å². The third kappa shape index (κ3) is 5.29. The van der Waals surface area contributed by atoms with Crippen molar-refractivity contribution in [2.75, 3.05) is 25.1 Å². The molecular weight excluding hydrogens is 267 g/mol. The average molecular weight is 296 g/mol. The minimum absolute atomic E-state index is 0.130. The van der Waals surface area contributed by atoms with Crippen LogP contribution in [0.5, 0.6) is 0 Å². The van der Waals surface area contributed by atoms with Crippen molar-refractivity contribution in [2.45, 2.75) is 51.6 Å². The van der Waals surface area contributed by atoms with E-state index in [4.69, 9.17) is 0 Å². The number of aliphatic hydroxyl groups is 1. The molecule has 0 heterocycles. The highest BCUT2D eigenvalue weighted by molar-refractivity contribution is 5.46. The molecule has 1 aromatic carbocycles. The Hall–Kier alpha value is -1.13. The summed E-state index contributed by atoms with van der Waals surface area (Å²) in [7, 11) is 1.90. The fourth-order valence-corrected chi connectivity index (χ4v) is 2.74. The van der Waals surface area contributed by atoms with E-state index >= 15 is 0 Å². The smallest absolute Gasteiger partial charge is 0.146 e. The summed E-state index contributed by atoms with van der Waals surface area (Å²) in [5.41, 5.74) is 0.393. The van der Waals surface area contributed by atoms with E-state index in [0.29, 0.717) is 11.7 Å². The lowest BCUT2D eigenvalue weighted by Gasteiger charge is -2.35. The Kier molecular flexibility index (Phi) is 7.12. The van der Waals surface area contributed by atoms with E-state index in [9.17, 15) is 9.50 Å². The predicted octanol–water partition coefficient (Wildman–Crippen LogP) is 3.18. The molecule has 0 aromatic heterocycles. The van der Waals surface area contributed by atoms with Crippen molar-refractivity contribution >= 4 is 5.69 Å². The normalized spacial score (nSPS) is 14.2. The standard InChI is InChI=1S/C17H29FN2O/c1-5-17(13-21,19-14(2)3)11-8-12-20(4)16-10-7-6-9-15(16)18/h6-7,9-10,14,19,21H,5,8,11-13H2,1-4H3. The van der Waals surface area contributed by atoms with Crippen LogP contribution in [0.4, 0.5) is 10.1 Å². The second kappa shape index (κ2) is 8.35. The van der Waals surface area contributed by atoms with Crippen LogP contribution in [0.3, 0.4) is 0 Å². The number of halogens is 1. The molecule has 4 heteroatoms. The van der Waals surface area contributed by atoms with E-state index in [1.807, 2.05) is 18.0 Å². The summed E-state index contributed by atoms with van der Waals surface area (Å²) in [6.07, 6.45) is 2.65. The number of nitrogens with zero attached hydrogens (tertiary/aromatic N) is 1. The number of aliphatic hydroxyl groups excluding tert-OH is 1. The monoisotopic (exact) mass is 296 g/mol. The summed E-state index contributed by atoms with van der Waals surface area (Å²) in [6.45, 7) is 7.16. The number of benzene rings is 1. The number of nitrogens with one attached hydrogen (secondary N) is 1. The molecule has 0 spiro atoms. The molecule has 1 atom stereocenters. The van der Waals surface area contributed by atoms with Gasteiger partial charge in [0, 0.05) is 25.2 Å². The average Bonchev–Trinajstić information content (AvgIpc) is 2.46. The molecule has 0 aliphatic heterocycles. The van der Waals surface area contributed by atoms with Crippen LogP contribution in [0.25, 0.3) is 0 Å². The molecule has 0 aliphatic carbocycles. The first kappa shape index (κ1) is 17.9. The summed E-state index contributed by atoms with van der Waals surface area (Å²) >= 11 is 0. The minimum atomic E-state index is -0.232. The van der Waals surface area contributed by atoms with Gasteiger partial charge >= 0.3 is 0 Å². The molecule has 0 bridgehead atoms. The number of rotatable bonds is 9. The molecular formula is C17H29FN2O. The van der Waals surface area contributed by atoms with Gasteiger partial charge in [-0.1, -0.05) is 32.9 Å². The van der Waals surface area contributed by atoms with Crippen molar-refractivity contribution in [3.8, 4) is 0 Å². The van der Waals surface area contributed by atoms with Gasteiger partial charge in [-0.3, -0.25) is 0 Å². The Bertz CT molecular complexity index is 419. The maximum Gasteiger partial charge on any atom is 0.146 e. The van der Waals surface area contributed by atoms with Crippen LogP contribution in [0, 0.1) is 5.82 Å². The molecule has 0 fully saturated rings. The topological polar surface area (TPSA) is 35.5 Å². The maximum absolute atomic E-state index is 13.7. The van der Waals surface area contributed by atoms with Crippen molar-refractivity contribution in [3.05, 3.63) is 30.1 Å². The highest BCUT2D eigenvalue weighted by atomic mass is 19.1. The van der Waals surface area contributed by atoms with Crippen LogP contribution in [0.1, 0.15) is 40.0 Å². The first-order valence-corrected chi connectivity index (χ1v) is 7.78. The fourth-order valence-electron chi connectivity index (χ4n) is 2.74. The molecule has 0 aliphatic rings. The summed E-state index contributed by atoms with van der Waals surface area (Å²) in [6, 6.07) is 7.16. The zero-order valence-corrected chi connectivity index (χ0v) is 13.7. The van der Waals surface area contributed by atoms with Crippen LogP contribution in [-0.2, 0) is 0 Å². The molecule has 0 radical (unpaired) electrons. The van der Waals surface area contributed by atoms with Crippen LogP contribution in [0.15, 0.2) is 24.3 Å². The van der Waals surface area contributed by atoms with Gasteiger partial charge in [0.25, 0.3) is 0 Å². The van der Waals surface area contributed by atoms with E-state index < -0.39 is 0 Å². The van der Waals surface area contributed by atoms with Crippen molar-refractivity contribution in [3.63, 3.8) is 0 Å². The lowest BCUT2D eigenvalue weighted by molar-refractivity contribution is 0.136. The zero-order valence-electron chi connectivity index (χ0n) is 13.7. The lowest BCUT2D eigenvalue weighted by atomic mass is 9.90. The van der Waals surface area contributed by atoms with E-state index in [2.05, 4.69) is 26.1 Å². The summed E-state index contributed by atoms with van der Waals surface area (Å²) in [5.74, 6) is -0.191. The van der Waals surface area contributed by atoms with Gasteiger partial charge in [0.15, 0.2) is 0 Å². The SMILES string of the molecule is CCC(CO)(CCCN(C)c1ccccc1F)NC(C)C. The molecule has 3 nitrogen and oxygen atoms in total. The number of anilines is 1. The second-order valence-corrected chi connectivity index (χ2v) is 6.07. The Labute approximate surface area is 128 Å². The van der Waals surface area contributed by atoms with Gasteiger partial charge in [0.1, 0.15) is 5.82 Å². The molecule has 21 heavy (non-hydrogen) atoms. The minimum Gasteiger partial charge on any atom is -0.394 e. The van der Waals surface area contributed by atoms with Crippen LogP contribution in [-0.4, -0.2) is 36.9 Å². The van der Waals surface area contributed by atoms with E-state index in [-0.39, 0.29) is 18.0 Å². The van der Waals surface area contributed by atoms with Crippen molar-refractivity contribution in [1.29, 1.82) is 0 Å². The van der Waals surface area contributed by atoms with Gasteiger partial charge < -0.3 is 15.3 Å². The van der Waals surface area contributed by atoms with Crippen molar-refractivity contribution < 1.29 is 9.50 Å². The summed E-state index contributed by atoms with van der Waals surface area (Å²) in [4.78, 5) is 1.93. The number of hydrogen-bond donors (Lipinski definition) is 2. The first-order valence-electron chi connectivity index (χ1n) is 7.78. The molecule has 0 saturated heterocycles. The molecule has 2 N–H and O–H groups in total. The van der Waals surface area contributed by atoms with Crippen LogP contribution < -0.4 is 10.2 Å². The zero-order chi connectivity index (χ0) is 15.9. The highest BCUT2D eigenvalue weighted by Crippen LogP contribution is 2.21. The van der Waals surface area contributed by atoms with Crippen molar-refractivity contribution in [2.24, 2.45) is 0 Å². The highest BCUT2D eigenvalue weighted by Gasteiger charge is 2.27. The molecule has 1 rings (SSSR count).